The van der Waals surface area contributed by atoms with Crippen LogP contribution in [0.1, 0.15) is 5.56 Å². The second kappa shape index (κ2) is 10.4. The third kappa shape index (κ3) is 5.46. The van der Waals surface area contributed by atoms with E-state index in [0.29, 0.717) is 23.8 Å². The summed E-state index contributed by atoms with van der Waals surface area (Å²) < 4.78 is 16.0. The molecule has 1 N–H and O–H groups in total. The van der Waals surface area contributed by atoms with Crippen molar-refractivity contribution in [3.05, 3.63) is 54.1 Å². The Balaban J connectivity index is 1.91. The van der Waals surface area contributed by atoms with Gasteiger partial charge in [0.1, 0.15) is 0 Å². The van der Waals surface area contributed by atoms with Crippen molar-refractivity contribution < 1.29 is 19.0 Å². The van der Waals surface area contributed by atoms with Gasteiger partial charge in [0.25, 0.3) is 0 Å². The van der Waals surface area contributed by atoms with Gasteiger partial charge in [-0.05, 0) is 30.3 Å². The topological polar surface area (TPSA) is 56.8 Å². The van der Waals surface area contributed by atoms with Gasteiger partial charge in [-0.2, -0.15) is 0 Å². The second-order valence-electron chi connectivity index (χ2n) is 5.21. The van der Waals surface area contributed by atoms with Gasteiger partial charge in [0.05, 0.1) is 21.3 Å². The van der Waals surface area contributed by atoms with E-state index in [1.54, 1.807) is 45.2 Å². The van der Waals surface area contributed by atoms with Gasteiger partial charge in [-0.15, -0.1) is 11.8 Å². The lowest BCUT2D eigenvalue weighted by molar-refractivity contribution is -0.116. The minimum atomic E-state index is -0.157. The molecular weight excluding hydrogens is 350 g/mol. The molecule has 0 aliphatic rings. The number of carbonyl (C=O) groups is 1. The largest absolute Gasteiger partial charge is 0.493 e. The molecule has 1 amide bonds. The van der Waals surface area contributed by atoms with Crippen LogP contribution in [0, 0.1) is 0 Å². The number of methoxy groups -OCH3 is 3. The highest BCUT2D eigenvalue weighted by Crippen LogP contribution is 2.40. The summed E-state index contributed by atoms with van der Waals surface area (Å²) in [5, 5.41) is 2.87. The predicted molar refractivity (Wildman–Crippen MR) is 105 cm³/mol. The molecule has 138 valence electrons. The van der Waals surface area contributed by atoms with Crippen LogP contribution in [0.25, 0.3) is 6.08 Å². The third-order valence-corrected chi connectivity index (χ3v) is 4.58. The zero-order chi connectivity index (χ0) is 18.8. The van der Waals surface area contributed by atoms with Gasteiger partial charge < -0.3 is 19.5 Å². The van der Waals surface area contributed by atoms with E-state index in [4.69, 9.17) is 14.2 Å². The molecular formula is C20H23NO4S. The summed E-state index contributed by atoms with van der Waals surface area (Å²) in [6.45, 7) is 0.589. The summed E-state index contributed by atoms with van der Waals surface area (Å²) in [6.07, 6.45) is 3.18. The van der Waals surface area contributed by atoms with Gasteiger partial charge in [-0.3, -0.25) is 4.79 Å². The summed E-state index contributed by atoms with van der Waals surface area (Å²) in [7, 11) is 4.66. The fraction of sp³-hybridized carbons (Fsp3) is 0.250. The van der Waals surface area contributed by atoms with Crippen molar-refractivity contribution in [1.29, 1.82) is 0 Å². The van der Waals surface area contributed by atoms with Crippen molar-refractivity contribution in [3.63, 3.8) is 0 Å². The van der Waals surface area contributed by atoms with Crippen molar-refractivity contribution in [3.8, 4) is 17.2 Å². The predicted octanol–water partition coefficient (Wildman–Crippen LogP) is 3.63. The maximum absolute atomic E-state index is 12.0. The van der Waals surface area contributed by atoms with E-state index in [0.717, 1.165) is 11.3 Å². The molecule has 6 heteroatoms. The third-order valence-electron chi connectivity index (χ3n) is 3.56. The van der Waals surface area contributed by atoms with Gasteiger partial charge in [-0.1, -0.05) is 18.2 Å². The first-order valence-corrected chi connectivity index (χ1v) is 9.11. The molecule has 0 bridgehead atoms. The Morgan fingerprint density at radius 1 is 1.00 bits per heavy atom. The lowest BCUT2D eigenvalue weighted by Crippen LogP contribution is -2.23. The Morgan fingerprint density at radius 2 is 1.73 bits per heavy atom. The quantitative estimate of drug-likeness (QED) is 0.413. The van der Waals surface area contributed by atoms with Crippen LogP contribution in [0.3, 0.4) is 0 Å². The Morgan fingerprint density at radius 3 is 2.38 bits per heavy atom. The molecule has 0 aliphatic carbocycles. The van der Waals surface area contributed by atoms with Crippen LogP contribution in [-0.4, -0.2) is 39.5 Å². The average Bonchev–Trinajstić information content (AvgIpc) is 2.69. The van der Waals surface area contributed by atoms with Crippen LogP contribution in [-0.2, 0) is 4.79 Å². The number of nitrogens with one attached hydrogen (secondary N) is 1. The summed E-state index contributed by atoms with van der Waals surface area (Å²) in [5.74, 6) is 2.25. The van der Waals surface area contributed by atoms with Crippen molar-refractivity contribution in [2.24, 2.45) is 0 Å². The van der Waals surface area contributed by atoms with Crippen LogP contribution < -0.4 is 19.5 Å². The number of benzene rings is 2. The first kappa shape index (κ1) is 19.7. The molecule has 0 saturated heterocycles. The maximum atomic E-state index is 12.0. The lowest BCUT2D eigenvalue weighted by Gasteiger charge is -2.13. The summed E-state index contributed by atoms with van der Waals surface area (Å²) in [5.41, 5.74) is 0.735. The molecule has 0 spiro atoms. The van der Waals surface area contributed by atoms with Crippen LogP contribution in [0.5, 0.6) is 17.2 Å². The zero-order valence-corrected chi connectivity index (χ0v) is 16.0. The molecule has 2 rings (SSSR count). The lowest BCUT2D eigenvalue weighted by atomic mass is 10.1. The number of thioether (sulfide) groups is 1. The van der Waals surface area contributed by atoms with Gasteiger partial charge in [-0.25, -0.2) is 0 Å². The van der Waals surface area contributed by atoms with Crippen molar-refractivity contribution >= 4 is 23.7 Å². The van der Waals surface area contributed by atoms with Crippen molar-refractivity contribution in [2.75, 3.05) is 33.6 Å². The number of ether oxygens (including phenoxy) is 3. The van der Waals surface area contributed by atoms with Crippen LogP contribution in [0.15, 0.2) is 53.4 Å². The van der Waals surface area contributed by atoms with E-state index in [-0.39, 0.29) is 5.91 Å². The molecule has 2 aromatic rings. The van der Waals surface area contributed by atoms with Crippen molar-refractivity contribution in [2.45, 2.75) is 4.90 Å². The number of amides is 1. The minimum Gasteiger partial charge on any atom is -0.493 e. The first-order chi connectivity index (χ1) is 12.7. The molecule has 0 fully saturated rings. The average molecular weight is 373 g/mol. The fourth-order valence-electron chi connectivity index (χ4n) is 2.34. The van der Waals surface area contributed by atoms with E-state index in [1.807, 2.05) is 24.3 Å². The van der Waals surface area contributed by atoms with Crippen LogP contribution >= 0.6 is 11.8 Å². The Hall–Kier alpha value is -2.60. The zero-order valence-electron chi connectivity index (χ0n) is 15.2. The van der Waals surface area contributed by atoms with Gasteiger partial charge >= 0.3 is 0 Å². The monoisotopic (exact) mass is 373 g/mol. The Labute approximate surface area is 158 Å². The molecule has 0 aliphatic heterocycles. The van der Waals surface area contributed by atoms with Gasteiger partial charge in [0, 0.05) is 28.8 Å². The molecule has 0 aromatic heterocycles. The number of rotatable bonds is 9. The van der Waals surface area contributed by atoms with Crippen molar-refractivity contribution in [1.82, 2.24) is 5.32 Å². The highest BCUT2D eigenvalue weighted by Gasteiger charge is 2.14. The molecule has 26 heavy (non-hydrogen) atoms. The van der Waals surface area contributed by atoms with E-state index < -0.39 is 0 Å². The Bertz CT molecular complexity index is 747. The molecule has 0 radical (unpaired) electrons. The number of carbonyl (C=O) groups excluding carboxylic acids is 1. The van der Waals surface area contributed by atoms with Gasteiger partial charge in [0.2, 0.25) is 11.7 Å². The second-order valence-corrected chi connectivity index (χ2v) is 6.38. The summed E-state index contributed by atoms with van der Waals surface area (Å²) in [6, 6.07) is 13.7. The first-order valence-electron chi connectivity index (χ1n) is 8.12. The molecule has 0 atom stereocenters. The van der Waals surface area contributed by atoms with E-state index >= 15 is 0 Å². The summed E-state index contributed by atoms with van der Waals surface area (Å²) >= 11 is 1.70. The highest BCUT2D eigenvalue weighted by molar-refractivity contribution is 7.99. The van der Waals surface area contributed by atoms with Crippen LogP contribution in [0.4, 0.5) is 0 Å². The molecule has 2 aromatic carbocycles. The molecule has 0 heterocycles. The fourth-order valence-corrected chi connectivity index (χ4v) is 3.13. The SMILES string of the molecule is COc1ccc(/C=C/C(=O)NCCSc2ccccc2)c(OC)c1OC. The molecule has 5 nitrogen and oxygen atoms in total. The van der Waals surface area contributed by atoms with Gasteiger partial charge in [0.15, 0.2) is 11.5 Å². The molecule has 0 unspecified atom stereocenters. The Kier molecular flexibility index (Phi) is 7.89. The number of hydrogen-bond acceptors (Lipinski definition) is 5. The van der Waals surface area contributed by atoms with E-state index in [1.165, 1.54) is 11.0 Å². The highest BCUT2D eigenvalue weighted by atomic mass is 32.2. The maximum Gasteiger partial charge on any atom is 0.244 e. The smallest absolute Gasteiger partial charge is 0.244 e. The minimum absolute atomic E-state index is 0.157. The summed E-state index contributed by atoms with van der Waals surface area (Å²) in [4.78, 5) is 13.2. The molecule has 0 saturated carbocycles. The number of hydrogen-bond donors (Lipinski definition) is 1. The van der Waals surface area contributed by atoms with E-state index in [9.17, 15) is 4.79 Å². The van der Waals surface area contributed by atoms with E-state index in [2.05, 4.69) is 17.4 Å². The van der Waals surface area contributed by atoms with Crippen LogP contribution in [0.2, 0.25) is 0 Å². The standard InChI is InChI=1S/C20H23NO4S/c1-23-17-11-9-15(19(24-2)20(17)25-3)10-12-18(22)21-13-14-26-16-7-5-4-6-8-16/h4-12H,13-14H2,1-3H3,(H,21,22)/b12-10+. The normalized spacial score (nSPS) is 10.6.